The Morgan fingerprint density at radius 3 is 2.04 bits per heavy atom. The van der Waals surface area contributed by atoms with Crippen molar-refractivity contribution < 1.29 is 0 Å². The van der Waals surface area contributed by atoms with Crippen molar-refractivity contribution in [3.05, 3.63) is 83.0 Å². The quantitative estimate of drug-likeness (QED) is 0.612. The van der Waals surface area contributed by atoms with Gasteiger partial charge in [0.1, 0.15) is 0 Å². The van der Waals surface area contributed by atoms with Gasteiger partial charge in [0.05, 0.1) is 22.7 Å². The van der Waals surface area contributed by atoms with Gasteiger partial charge in [-0.25, -0.2) is 0 Å². The number of hydrogen-bond acceptors (Lipinski definition) is 2. The minimum atomic E-state index is 0.999. The first-order valence-corrected chi connectivity index (χ1v) is 8.37. The average Bonchev–Trinajstić information content (AvgIpc) is 2.60. The van der Waals surface area contributed by atoms with E-state index in [9.17, 15) is 0 Å². The molecule has 0 amide bonds. The maximum atomic E-state index is 3.87. The highest BCUT2D eigenvalue weighted by Gasteiger charge is 2.25. The molecule has 0 aliphatic carbocycles. The predicted octanol–water partition coefficient (Wildman–Crippen LogP) is 6.64. The summed E-state index contributed by atoms with van der Waals surface area (Å²) >= 11 is 3.61. The Labute approximate surface area is 146 Å². The highest BCUT2D eigenvalue weighted by atomic mass is 79.9. The normalized spacial score (nSPS) is 14.4. The van der Waals surface area contributed by atoms with Crippen LogP contribution in [-0.2, 0) is 0 Å². The van der Waals surface area contributed by atoms with Gasteiger partial charge in [0.25, 0.3) is 0 Å². The lowest BCUT2D eigenvalue weighted by Crippen LogP contribution is -2.22. The van der Waals surface area contributed by atoms with E-state index in [1.807, 2.05) is 6.08 Å². The molecule has 0 radical (unpaired) electrons. The highest BCUT2D eigenvalue weighted by molar-refractivity contribution is 9.11. The van der Waals surface area contributed by atoms with E-state index in [1.54, 1.807) is 0 Å². The fourth-order valence-corrected chi connectivity index (χ4v) is 3.07. The van der Waals surface area contributed by atoms with Crippen molar-refractivity contribution in [1.29, 1.82) is 0 Å². The van der Waals surface area contributed by atoms with Crippen molar-refractivity contribution in [3.63, 3.8) is 0 Å². The molecule has 0 bridgehead atoms. The molecule has 2 aromatic carbocycles. The molecule has 1 heterocycles. The van der Waals surface area contributed by atoms with E-state index in [4.69, 9.17) is 0 Å². The number of hydrogen-bond donors (Lipinski definition) is 1. The van der Waals surface area contributed by atoms with Crippen LogP contribution in [0.4, 0.5) is 22.7 Å². The Kier molecular flexibility index (Phi) is 4.39. The van der Waals surface area contributed by atoms with Crippen LogP contribution in [0.1, 0.15) is 13.8 Å². The summed E-state index contributed by atoms with van der Waals surface area (Å²) in [5, 5.41) is 3.51. The third-order valence-corrected chi connectivity index (χ3v) is 4.91. The first kappa shape index (κ1) is 15.6. The van der Waals surface area contributed by atoms with E-state index in [0.29, 0.717) is 0 Å². The van der Waals surface area contributed by atoms with Crippen LogP contribution in [0.15, 0.2) is 83.0 Å². The monoisotopic (exact) mass is 366 g/mol. The van der Waals surface area contributed by atoms with Crippen molar-refractivity contribution in [1.82, 2.24) is 0 Å². The molecule has 0 unspecified atom stereocenters. The van der Waals surface area contributed by atoms with Crippen molar-refractivity contribution in [2.24, 2.45) is 0 Å². The molecule has 0 atom stereocenters. The van der Waals surface area contributed by atoms with E-state index >= 15 is 0 Å². The van der Waals surface area contributed by atoms with Crippen LogP contribution in [0.2, 0.25) is 0 Å². The zero-order valence-electron chi connectivity index (χ0n) is 13.3. The standard InChI is InChI=1S/C20H19BrN2/c1-4-15(21)14(3)18(5-2)23-19-12-8-6-10-16(19)22-17-11-7-9-13-20(17)23/h4-13,22H,1H2,2-3H3/b15-14-,18-5+. The van der Waals surface area contributed by atoms with Gasteiger partial charge in [-0.3, -0.25) is 0 Å². The molecular weight excluding hydrogens is 348 g/mol. The molecule has 2 aromatic rings. The lowest BCUT2D eigenvalue weighted by molar-refractivity contribution is 1.13. The van der Waals surface area contributed by atoms with Gasteiger partial charge in [0, 0.05) is 10.2 Å². The lowest BCUT2D eigenvalue weighted by atomic mass is 10.1. The van der Waals surface area contributed by atoms with Crippen LogP contribution in [0.3, 0.4) is 0 Å². The van der Waals surface area contributed by atoms with Crippen LogP contribution in [0.5, 0.6) is 0 Å². The van der Waals surface area contributed by atoms with Gasteiger partial charge in [0.2, 0.25) is 0 Å². The molecule has 2 nitrogen and oxygen atoms in total. The largest absolute Gasteiger partial charge is 0.352 e. The third-order valence-electron chi connectivity index (χ3n) is 4.00. The summed E-state index contributed by atoms with van der Waals surface area (Å²) in [6, 6.07) is 16.7. The fraction of sp³-hybridized carbons (Fsp3) is 0.100. The van der Waals surface area contributed by atoms with Gasteiger partial charge in [0.15, 0.2) is 0 Å². The molecule has 1 N–H and O–H groups in total. The first-order valence-electron chi connectivity index (χ1n) is 7.58. The smallest absolute Gasteiger partial charge is 0.0697 e. The van der Waals surface area contributed by atoms with Gasteiger partial charge in [-0.15, -0.1) is 0 Å². The number of anilines is 4. The molecule has 1 aliphatic heterocycles. The highest BCUT2D eigenvalue weighted by Crippen LogP contribution is 2.46. The van der Waals surface area contributed by atoms with Crippen LogP contribution >= 0.6 is 15.9 Å². The molecule has 23 heavy (non-hydrogen) atoms. The zero-order valence-corrected chi connectivity index (χ0v) is 14.9. The number of allylic oxidation sites excluding steroid dienone is 4. The number of nitrogens with zero attached hydrogens (tertiary/aromatic N) is 1. The average molecular weight is 367 g/mol. The second-order valence-electron chi connectivity index (χ2n) is 5.35. The number of fused-ring (bicyclic) bond motifs is 2. The van der Waals surface area contributed by atoms with E-state index in [-0.39, 0.29) is 0 Å². The number of halogens is 1. The molecular formula is C20H19BrN2. The van der Waals surface area contributed by atoms with Crippen molar-refractivity contribution >= 4 is 38.7 Å². The number of nitrogens with one attached hydrogen (secondary N) is 1. The van der Waals surface area contributed by atoms with E-state index in [2.05, 4.69) is 101 Å². The number of rotatable bonds is 3. The summed E-state index contributed by atoms with van der Waals surface area (Å²) in [4.78, 5) is 2.29. The topological polar surface area (TPSA) is 15.3 Å². The van der Waals surface area contributed by atoms with Gasteiger partial charge < -0.3 is 10.2 Å². The first-order chi connectivity index (χ1) is 11.2. The van der Waals surface area contributed by atoms with Crippen molar-refractivity contribution in [3.8, 4) is 0 Å². The summed E-state index contributed by atoms with van der Waals surface area (Å²) < 4.78 is 0.999. The minimum absolute atomic E-state index is 0.999. The molecule has 0 spiro atoms. The third kappa shape index (κ3) is 2.73. The van der Waals surface area contributed by atoms with Crippen molar-refractivity contribution in [2.45, 2.75) is 13.8 Å². The minimum Gasteiger partial charge on any atom is -0.352 e. The Morgan fingerprint density at radius 1 is 1.04 bits per heavy atom. The van der Waals surface area contributed by atoms with E-state index in [0.717, 1.165) is 38.5 Å². The SMILES string of the molecule is C=C/C(Br)=C(C)/C(=C\C)N1c2ccccc2Nc2ccccc21. The van der Waals surface area contributed by atoms with Crippen LogP contribution in [0, 0.1) is 0 Å². The molecule has 0 saturated heterocycles. The van der Waals surface area contributed by atoms with Crippen molar-refractivity contribution in [2.75, 3.05) is 10.2 Å². The number of para-hydroxylation sites is 4. The summed E-state index contributed by atoms with van der Waals surface area (Å²) in [6.45, 7) is 8.04. The molecule has 3 rings (SSSR count). The van der Waals surface area contributed by atoms with Gasteiger partial charge >= 0.3 is 0 Å². The summed E-state index contributed by atoms with van der Waals surface area (Å²) in [6.07, 6.45) is 3.97. The van der Waals surface area contributed by atoms with Crippen LogP contribution in [-0.4, -0.2) is 0 Å². The Bertz CT molecular complexity index is 772. The molecule has 1 aliphatic rings. The zero-order chi connectivity index (χ0) is 16.4. The number of benzene rings is 2. The molecule has 0 fully saturated rings. The summed E-state index contributed by atoms with van der Waals surface area (Å²) in [5.74, 6) is 0. The molecule has 0 aromatic heterocycles. The maximum absolute atomic E-state index is 3.87. The Balaban J connectivity index is 2.24. The fourth-order valence-electron chi connectivity index (χ4n) is 2.87. The second kappa shape index (κ2) is 6.47. The van der Waals surface area contributed by atoms with Gasteiger partial charge in [-0.2, -0.15) is 0 Å². The molecule has 3 heteroatoms. The lowest BCUT2D eigenvalue weighted by Gasteiger charge is -2.36. The Hall–Kier alpha value is -2.26. The molecule has 0 saturated carbocycles. The predicted molar refractivity (Wildman–Crippen MR) is 104 cm³/mol. The van der Waals surface area contributed by atoms with Crippen LogP contribution < -0.4 is 10.2 Å². The van der Waals surface area contributed by atoms with Crippen LogP contribution in [0.25, 0.3) is 0 Å². The van der Waals surface area contributed by atoms with Gasteiger partial charge in [-0.1, -0.05) is 58.9 Å². The van der Waals surface area contributed by atoms with Gasteiger partial charge in [-0.05, 0) is 43.7 Å². The second-order valence-corrected chi connectivity index (χ2v) is 6.20. The molecule has 116 valence electrons. The Morgan fingerprint density at radius 2 is 1.57 bits per heavy atom. The maximum Gasteiger partial charge on any atom is 0.0697 e. The summed E-state index contributed by atoms with van der Waals surface area (Å²) in [7, 11) is 0. The summed E-state index contributed by atoms with van der Waals surface area (Å²) in [5.41, 5.74) is 6.78. The van der Waals surface area contributed by atoms with E-state index < -0.39 is 0 Å². The van der Waals surface area contributed by atoms with E-state index in [1.165, 1.54) is 0 Å².